The second-order valence-corrected chi connectivity index (χ2v) is 5.73. The van der Waals surface area contributed by atoms with Gasteiger partial charge in [0, 0.05) is 5.56 Å². The Labute approximate surface area is 162 Å². The van der Waals surface area contributed by atoms with Gasteiger partial charge in [0.2, 0.25) is 5.75 Å². The summed E-state index contributed by atoms with van der Waals surface area (Å²) in [6.45, 7) is 0.525. The molecule has 0 saturated carbocycles. The van der Waals surface area contributed by atoms with E-state index in [4.69, 9.17) is 18.6 Å². The van der Waals surface area contributed by atoms with Gasteiger partial charge >= 0.3 is 0 Å². The van der Waals surface area contributed by atoms with E-state index >= 15 is 0 Å². The topological polar surface area (TPSA) is 94.9 Å². The molecule has 0 aliphatic carbocycles. The van der Waals surface area contributed by atoms with Crippen molar-refractivity contribution in [1.82, 2.24) is 4.98 Å². The highest BCUT2D eigenvalue weighted by atomic mass is 16.5. The average Bonchev–Trinajstić information content (AvgIpc) is 3.25. The van der Waals surface area contributed by atoms with Gasteiger partial charge in [0.25, 0.3) is 5.91 Å². The van der Waals surface area contributed by atoms with E-state index in [0.717, 1.165) is 5.76 Å². The maximum absolute atomic E-state index is 12.6. The minimum atomic E-state index is -0.322. The van der Waals surface area contributed by atoms with Crippen LogP contribution in [0.15, 0.2) is 53.3 Å². The van der Waals surface area contributed by atoms with Crippen LogP contribution >= 0.6 is 0 Å². The summed E-state index contributed by atoms with van der Waals surface area (Å²) in [7, 11) is 4.50. The molecule has 0 fully saturated rings. The summed E-state index contributed by atoms with van der Waals surface area (Å²) in [5.74, 6) is 2.39. The third kappa shape index (κ3) is 4.35. The molecule has 2 N–H and O–H groups in total. The number of anilines is 2. The lowest BCUT2D eigenvalue weighted by Crippen LogP contribution is -2.13. The third-order valence-corrected chi connectivity index (χ3v) is 3.97. The molecule has 0 atom stereocenters. The summed E-state index contributed by atoms with van der Waals surface area (Å²) in [4.78, 5) is 16.9. The van der Waals surface area contributed by atoms with Crippen LogP contribution in [0.4, 0.5) is 11.5 Å². The number of aromatic nitrogens is 1. The second kappa shape index (κ2) is 8.81. The van der Waals surface area contributed by atoms with E-state index in [-0.39, 0.29) is 5.91 Å². The van der Waals surface area contributed by atoms with Crippen molar-refractivity contribution in [3.8, 4) is 17.2 Å². The van der Waals surface area contributed by atoms with Crippen molar-refractivity contribution in [3.63, 3.8) is 0 Å². The Kier molecular flexibility index (Phi) is 6.01. The number of carbonyl (C=O) groups excluding carboxylic acids is 1. The third-order valence-electron chi connectivity index (χ3n) is 3.97. The summed E-state index contributed by atoms with van der Waals surface area (Å²) in [5.41, 5.74) is 0.928. The molecule has 2 aromatic heterocycles. The maximum atomic E-state index is 12.6. The Morgan fingerprint density at radius 1 is 1.07 bits per heavy atom. The molecule has 146 valence electrons. The number of pyridine rings is 1. The highest BCUT2D eigenvalue weighted by Gasteiger charge is 2.17. The molecule has 0 bridgehead atoms. The molecule has 0 radical (unpaired) electrons. The Hall–Kier alpha value is -3.68. The monoisotopic (exact) mass is 383 g/mol. The van der Waals surface area contributed by atoms with Gasteiger partial charge in [0.1, 0.15) is 11.6 Å². The van der Waals surface area contributed by atoms with Crippen LogP contribution in [0.1, 0.15) is 16.1 Å². The highest BCUT2D eigenvalue weighted by Crippen LogP contribution is 2.38. The van der Waals surface area contributed by atoms with Crippen molar-refractivity contribution >= 4 is 17.4 Å². The van der Waals surface area contributed by atoms with Crippen LogP contribution < -0.4 is 24.8 Å². The lowest BCUT2D eigenvalue weighted by atomic mass is 10.1. The molecule has 3 aromatic rings. The van der Waals surface area contributed by atoms with Crippen molar-refractivity contribution in [1.29, 1.82) is 0 Å². The lowest BCUT2D eigenvalue weighted by molar-refractivity contribution is 0.102. The number of nitrogens with one attached hydrogen (secondary N) is 2. The van der Waals surface area contributed by atoms with Gasteiger partial charge in [0.15, 0.2) is 11.5 Å². The van der Waals surface area contributed by atoms with Gasteiger partial charge in [-0.25, -0.2) is 4.98 Å². The fourth-order valence-corrected chi connectivity index (χ4v) is 2.58. The van der Waals surface area contributed by atoms with Gasteiger partial charge in [-0.05, 0) is 36.4 Å². The Morgan fingerprint density at radius 2 is 1.82 bits per heavy atom. The Balaban J connectivity index is 1.68. The summed E-state index contributed by atoms with van der Waals surface area (Å²) < 4.78 is 21.1. The second-order valence-electron chi connectivity index (χ2n) is 5.73. The smallest absolute Gasteiger partial charge is 0.255 e. The summed E-state index contributed by atoms with van der Waals surface area (Å²) in [5, 5.41) is 5.93. The first-order chi connectivity index (χ1) is 13.6. The van der Waals surface area contributed by atoms with Crippen LogP contribution in [0.5, 0.6) is 17.2 Å². The Bertz CT molecular complexity index is 899. The van der Waals surface area contributed by atoms with Crippen molar-refractivity contribution in [2.45, 2.75) is 6.54 Å². The molecule has 0 saturated heterocycles. The molecule has 8 nitrogen and oxygen atoms in total. The van der Waals surface area contributed by atoms with E-state index in [1.807, 2.05) is 12.1 Å². The molecule has 1 aromatic carbocycles. The molecular formula is C20H21N3O5. The van der Waals surface area contributed by atoms with Gasteiger partial charge in [-0.2, -0.15) is 0 Å². The summed E-state index contributed by atoms with van der Waals surface area (Å²) in [6.07, 6.45) is 3.19. The van der Waals surface area contributed by atoms with Crippen molar-refractivity contribution in [2.75, 3.05) is 32.0 Å². The highest BCUT2D eigenvalue weighted by molar-refractivity contribution is 6.05. The van der Waals surface area contributed by atoms with Crippen molar-refractivity contribution in [2.24, 2.45) is 0 Å². The SMILES string of the molecule is COc1cc(C(=O)Nc2ccc(NCc3ccco3)nc2)cc(OC)c1OC. The summed E-state index contributed by atoms with van der Waals surface area (Å²) in [6, 6.07) is 10.4. The average molecular weight is 383 g/mol. The largest absolute Gasteiger partial charge is 0.493 e. The zero-order valence-electron chi connectivity index (χ0n) is 15.8. The molecule has 0 aliphatic rings. The molecule has 0 spiro atoms. The van der Waals surface area contributed by atoms with Crippen LogP contribution in [0.3, 0.4) is 0 Å². The molecule has 0 unspecified atom stereocenters. The number of carbonyl (C=O) groups is 1. The maximum Gasteiger partial charge on any atom is 0.255 e. The number of hydrogen-bond acceptors (Lipinski definition) is 7. The van der Waals surface area contributed by atoms with E-state index in [9.17, 15) is 4.79 Å². The standard InChI is InChI=1S/C20H21N3O5/c1-25-16-9-13(10-17(26-2)19(16)27-3)20(24)23-14-6-7-18(21-11-14)22-12-15-5-4-8-28-15/h4-11H,12H2,1-3H3,(H,21,22)(H,23,24). The molecule has 0 aliphatic heterocycles. The van der Waals surface area contributed by atoms with E-state index in [0.29, 0.717) is 40.9 Å². The van der Waals surface area contributed by atoms with Gasteiger partial charge in [-0.1, -0.05) is 0 Å². The quantitative estimate of drug-likeness (QED) is 0.614. The van der Waals surface area contributed by atoms with Gasteiger partial charge < -0.3 is 29.3 Å². The first kappa shape index (κ1) is 19.1. The van der Waals surface area contributed by atoms with Crippen LogP contribution in [0.2, 0.25) is 0 Å². The molecule has 8 heteroatoms. The lowest BCUT2D eigenvalue weighted by Gasteiger charge is -2.14. The molecule has 2 heterocycles. The van der Waals surface area contributed by atoms with Gasteiger partial charge in [-0.3, -0.25) is 4.79 Å². The zero-order valence-corrected chi connectivity index (χ0v) is 15.8. The fourth-order valence-electron chi connectivity index (χ4n) is 2.58. The number of nitrogens with zero attached hydrogens (tertiary/aromatic N) is 1. The number of ether oxygens (including phenoxy) is 3. The Morgan fingerprint density at radius 3 is 2.36 bits per heavy atom. The van der Waals surface area contributed by atoms with Gasteiger partial charge in [-0.15, -0.1) is 0 Å². The first-order valence-corrected chi connectivity index (χ1v) is 8.48. The van der Waals surface area contributed by atoms with Crippen LogP contribution in [-0.4, -0.2) is 32.2 Å². The molecule has 1 amide bonds. The molecule has 28 heavy (non-hydrogen) atoms. The number of amides is 1. The number of rotatable bonds is 8. The van der Waals surface area contributed by atoms with Crippen LogP contribution in [-0.2, 0) is 6.54 Å². The zero-order chi connectivity index (χ0) is 19.9. The fraction of sp³-hybridized carbons (Fsp3) is 0.200. The number of hydrogen-bond donors (Lipinski definition) is 2. The minimum Gasteiger partial charge on any atom is -0.493 e. The van der Waals surface area contributed by atoms with Crippen molar-refractivity contribution < 1.29 is 23.4 Å². The van der Waals surface area contributed by atoms with E-state index in [1.54, 1.807) is 36.7 Å². The van der Waals surface area contributed by atoms with E-state index in [1.165, 1.54) is 21.3 Å². The van der Waals surface area contributed by atoms with Crippen LogP contribution in [0.25, 0.3) is 0 Å². The predicted molar refractivity (Wildman–Crippen MR) is 104 cm³/mol. The first-order valence-electron chi connectivity index (χ1n) is 8.48. The van der Waals surface area contributed by atoms with Gasteiger partial charge in [0.05, 0.1) is 46.0 Å². The minimum absolute atomic E-state index is 0.322. The number of methoxy groups -OCH3 is 3. The number of furan rings is 1. The van der Waals surface area contributed by atoms with Crippen LogP contribution in [0, 0.1) is 0 Å². The normalized spacial score (nSPS) is 10.2. The predicted octanol–water partition coefficient (Wildman–Crippen LogP) is 3.56. The molecule has 3 rings (SSSR count). The van der Waals surface area contributed by atoms with E-state index in [2.05, 4.69) is 15.6 Å². The number of benzene rings is 1. The summed E-state index contributed by atoms with van der Waals surface area (Å²) >= 11 is 0. The van der Waals surface area contributed by atoms with E-state index < -0.39 is 0 Å². The van der Waals surface area contributed by atoms with Crippen molar-refractivity contribution in [3.05, 3.63) is 60.2 Å². The molecular weight excluding hydrogens is 362 g/mol.